The molecule has 136 valence electrons. The fourth-order valence-corrected chi connectivity index (χ4v) is 3.43. The summed E-state index contributed by atoms with van der Waals surface area (Å²) in [5.74, 6) is 0.502. The van der Waals surface area contributed by atoms with Crippen molar-refractivity contribution >= 4 is 40.7 Å². The van der Waals surface area contributed by atoms with Gasteiger partial charge in [-0.1, -0.05) is 29.4 Å². The SMILES string of the molecule is CSc1nc2nc(C)c(CCC(=O)Nc3ccc(C)cc3Cl)c(C)n2n1. The highest BCUT2D eigenvalue weighted by Gasteiger charge is 2.15. The fourth-order valence-electron chi connectivity index (χ4n) is 2.81. The van der Waals surface area contributed by atoms with E-state index in [1.807, 2.05) is 45.2 Å². The molecule has 1 aromatic carbocycles. The monoisotopic (exact) mass is 389 g/mol. The van der Waals surface area contributed by atoms with E-state index in [2.05, 4.69) is 20.4 Å². The van der Waals surface area contributed by atoms with E-state index in [9.17, 15) is 4.79 Å². The quantitative estimate of drug-likeness (QED) is 0.668. The first-order valence-electron chi connectivity index (χ1n) is 8.22. The number of carbonyl (C=O) groups excluding carboxylic acids is 1. The molecule has 0 unspecified atom stereocenters. The van der Waals surface area contributed by atoms with Crippen LogP contribution < -0.4 is 5.32 Å². The Labute approximate surface area is 161 Å². The molecule has 2 aromatic heterocycles. The molecule has 0 radical (unpaired) electrons. The number of aryl methyl sites for hydroxylation is 3. The lowest BCUT2D eigenvalue weighted by molar-refractivity contribution is -0.116. The second-order valence-electron chi connectivity index (χ2n) is 6.10. The molecular formula is C18H20ClN5OS. The first-order chi connectivity index (χ1) is 12.4. The van der Waals surface area contributed by atoms with Crippen LogP contribution >= 0.6 is 23.4 Å². The van der Waals surface area contributed by atoms with Crippen molar-refractivity contribution in [2.75, 3.05) is 11.6 Å². The third-order valence-corrected chi connectivity index (χ3v) is 5.06. The summed E-state index contributed by atoms with van der Waals surface area (Å²) in [4.78, 5) is 21.2. The van der Waals surface area contributed by atoms with E-state index in [0.717, 1.165) is 22.5 Å². The first kappa shape index (κ1) is 18.7. The summed E-state index contributed by atoms with van der Waals surface area (Å²) in [6.07, 6.45) is 2.84. The molecule has 0 saturated heterocycles. The highest BCUT2D eigenvalue weighted by molar-refractivity contribution is 7.98. The molecule has 1 N–H and O–H groups in total. The number of thioether (sulfide) groups is 1. The van der Waals surface area contributed by atoms with Gasteiger partial charge in [-0.05, 0) is 56.7 Å². The molecule has 0 aliphatic heterocycles. The van der Waals surface area contributed by atoms with E-state index in [0.29, 0.717) is 34.5 Å². The molecule has 0 aliphatic carbocycles. The summed E-state index contributed by atoms with van der Waals surface area (Å²) in [5, 5.41) is 8.53. The van der Waals surface area contributed by atoms with Crippen LogP contribution in [0.5, 0.6) is 0 Å². The van der Waals surface area contributed by atoms with E-state index in [1.165, 1.54) is 11.8 Å². The number of carbonyl (C=O) groups is 1. The Morgan fingerprint density at radius 1 is 1.27 bits per heavy atom. The van der Waals surface area contributed by atoms with Gasteiger partial charge in [0.1, 0.15) is 0 Å². The van der Waals surface area contributed by atoms with Crippen LogP contribution in [-0.2, 0) is 11.2 Å². The molecule has 3 aromatic rings. The number of nitrogens with zero attached hydrogens (tertiary/aromatic N) is 4. The van der Waals surface area contributed by atoms with Crippen LogP contribution in [0.25, 0.3) is 5.78 Å². The minimum Gasteiger partial charge on any atom is -0.325 e. The zero-order valence-corrected chi connectivity index (χ0v) is 16.7. The van der Waals surface area contributed by atoms with Crippen molar-refractivity contribution in [1.29, 1.82) is 0 Å². The summed E-state index contributed by atoms with van der Waals surface area (Å²) in [6, 6.07) is 5.57. The Hall–Kier alpha value is -2.12. The zero-order chi connectivity index (χ0) is 18.8. The Bertz CT molecular complexity index is 985. The molecule has 0 aliphatic rings. The predicted molar refractivity (Wildman–Crippen MR) is 105 cm³/mol. The van der Waals surface area contributed by atoms with Crippen LogP contribution in [0.2, 0.25) is 5.02 Å². The van der Waals surface area contributed by atoms with Crippen molar-refractivity contribution in [1.82, 2.24) is 19.6 Å². The minimum absolute atomic E-state index is 0.0851. The summed E-state index contributed by atoms with van der Waals surface area (Å²) < 4.78 is 1.74. The number of hydrogen-bond donors (Lipinski definition) is 1. The van der Waals surface area contributed by atoms with Crippen molar-refractivity contribution in [3.63, 3.8) is 0 Å². The highest BCUT2D eigenvalue weighted by atomic mass is 35.5. The van der Waals surface area contributed by atoms with Gasteiger partial charge >= 0.3 is 0 Å². The van der Waals surface area contributed by atoms with E-state index >= 15 is 0 Å². The van der Waals surface area contributed by atoms with Crippen molar-refractivity contribution < 1.29 is 4.79 Å². The summed E-state index contributed by atoms with van der Waals surface area (Å²) in [5.41, 5.74) is 4.53. The first-order valence-corrected chi connectivity index (χ1v) is 9.82. The topological polar surface area (TPSA) is 72.2 Å². The maximum absolute atomic E-state index is 12.3. The molecule has 0 spiro atoms. The second kappa shape index (κ2) is 7.63. The molecular weight excluding hydrogens is 370 g/mol. The number of fused-ring (bicyclic) bond motifs is 1. The number of halogens is 1. The van der Waals surface area contributed by atoms with Crippen molar-refractivity contribution in [2.45, 2.75) is 38.8 Å². The number of hydrogen-bond acceptors (Lipinski definition) is 5. The molecule has 3 rings (SSSR count). The lowest BCUT2D eigenvalue weighted by atomic mass is 10.1. The smallest absolute Gasteiger partial charge is 0.253 e. The maximum Gasteiger partial charge on any atom is 0.253 e. The number of rotatable bonds is 5. The standard InChI is InChI=1S/C18H20ClN5OS/c1-10-5-7-15(14(19)9-10)21-16(25)8-6-13-11(2)20-17-22-18(26-4)23-24(17)12(13)3/h5,7,9H,6,8H2,1-4H3,(H,21,25). The summed E-state index contributed by atoms with van der Waals surface area (Å²) >= 11 is 7.65. The highest BCUT2D eigenvalue weighted by Crippen LogP contribution is 2.23. The Morgan fingerprint density at radius 3 is 2.73 bits per heavy atom. The zero-order valence-electron chi connectivity index (χ0n) is 15.1. The Morgan fingerprint density at radius 2 is 2.04 bits per heavy atom. The molecule has 0 saturated carbocycles. The number of amides is 1. The number of aromatic nitrogens is 4. The van der Waals surface area contributed by atoms with Gasteiger partial charge in [0, 0.05) is 17.8 Å². The van der Waals surface area contributed by atoms with Gasteiger partial charge in [0.25, 0.3) is 5.78 Å². The van der Waals surface area contributed by atoms with Gasteiger partial charge in [-0.25, -0.2) is 9.50 Å². The Kier molecular flexibility index (Phi) is 5.48. The van der Waals surface area contributed by atoms with Crippen LogP contribution in [0.15, 0.2) is 23.4 Å². The molecule has 0 atom stereocenters. The average molecular weight is 390 g/mol. The van der Waals surface area contributed by atoms with Gasteiger partial charge < -0.3 is 5.32 Å². The predicted octanol–water partition coefficient (Wildman–Crippen LogP) is 4.00. The molecule has 8 heteroatoms. The summed E-state index contributed by atoms with van der Waals surface area (Å²) in [7, 11) is 0. The number of nitrogens with one attached hydrogen (secondary N) is 1. The normalized spacial score (nSPS) is 11.1. The molecule has 0 fully saturated rings. The molecule has 1 amide bonds. The number of anilines is 1. The van der Waals surface area contributed by atoms with Crippen LogP contribution in [0, 0.1) is 20.8 Å². The third kappa shape index (κ3) is 3.83. The second-order valence-corrected chi connectivity index (χ2v) is 7.28. The van der Waals surface area contributed by atoms with Gasteiger partial charge in [-0.15, -0.1) is 5.10 Å². The van der Waals surface area contributed by atoms with E-state index in [4.69, 9.17) is 11.6 Å². The minimum atomic E-state index is -0.0851. The lowest BCUT2D eigenvalue weighted by Crippen LogP contribution is -2.14. The Balaban J connectivity index is 1.75. The molecule has 0 bridgehead atoms. The van der Waals surface area contributed by atoms with Crippen LogP contribution in [0.3, 0.4) is 0 Å². The average Bonchev–Trinajstić information content (AvgIpc) is 3.00. The third-order valence-electron chi connectivity index (χ3n) is 4.21. The maximum atomic E-state index is 12.3. The van der Waals surface area contributed by atoms with Crippen LogP contribution in [0.4, 0.5) is 5.69 Å². The van der Waals surface area contributed by atoms with Gasteiger partial charge in [-0.3, -0.25) is 4.79 Å². The van der Waals surface area contributed by atoms with Gasteiger partial charge in [0.15, 0.2) is 0 Å². The van der Waals surface area contributed by atoms with Crippen molar-refractivity contribution in [2.24, 2.45) is 0 Å². The van der Waals surface area contributed by atoms with Crippen molar-refractivity contribution in [3.8, 4) is 0 Å². The van der Waals surface area contributed by atoms with Gasteiger partial charge in [-0.2, -0.15) is 4.98 Å². The molecule has 2 heterocycles. The van der Waals surface area contributed by atoms with Crippen molar-refractivity contribution in [3.05, 3.63) is 45.7 Å². The van der Waals surface area contributed by atoms with Crippen LogP contribution in [0.1, 0.15) is 28.9 Å². The van der Waals surface area contributed by atoms with Crippen LogP contribution in [-0.4, -0.2) is 31.7 Å². The number of benzene rings is 1. The molecule has 6 nitrogen and oxygen atoms in total. The fraction of sp³-hybridized carbons (Fsp3) is 0.333. The summed E-state index contributed by atoms with van der Waals surface area (Å²) in [6.45, 7) is 5.87. The largest absolute Gasteiger partial charge is 0.325 e. The van der Waals surface area contributed by atoms with E-state index in [1.54, 1.807) is 4.52 Å². The molecule has 26 heavy (non-hydrogen) atoms. The van der Waals surface area contributed by atoms with E-state index < -0.39 is 0 Å². The van der Waals surface area contributed by atoms with Gasteiger partial charge in [0.2, 0.25) is 11.1 Å². The van der Waals surface area contributed by atoms with E-state index in [-0.39, 0.29) is 5.91 Å². The van der Waals surface area contributed by atoms with Gasteiger partial charge in [0.05, 0.1) is 10.7 Å². The lowest BCUT2D eigenvalue weighted by Gasteiger charge is -2.11.